The average Bonchev–Trinajstić information content (AvgIpc) is 2.63. The zero-order valence-electron chi connectivity index (χ0n) is 13.5. The van der Waals surface area contributed by atoms with Crippen LogP contribution in [0.4, 0.5) is 0 Å². The molecule has 1 aromatic heterocycles. The molecule has 0 unspecified atom stereocenters. The summed E-state index contributed by atoms with van der Waals surface area (Å²) < 4.78 is 5.57. The summed E-state index contributed by atoms with van der Waals surface area (Å²) in [6, 6.07) is 13.0. The highest BCUT2D eigenvalue weighted by molar-refractivity contribution is 7.81. The minimum absolute atomic E-state index is 0.299. The first-order valence-corrected chi connectivity index (χ1v) is 9.14. The van der Waals surface area contributed by atoms with E-state index in [0.717, 1.165) is 11.1 Å². The third-order valence-electron chi connectivity index (χ3n) is 4.26. The van der Waals surface area contributed by atoms with E-state index < -0.39 is 5.63 Å². The molecule has 0 bridgehead atoms. The third kappa shape index (κ3) is 2.92. The van der Waals surface area contributed by atoms with Crippen molar-refractivity contribution in [2.75, 3.05) is 0 Å². The topological polar surface area (TPSA) is 30.2 Å². The van der Waals surface area contributed by atoms with Crippen LogP contribution in [0.2, 0.25) is 10.0 Å². The highest BCUT2D eigenvalue weighted by Gasteiger charge is 2.23. The summed E-state index contributed by atoms with van der Waals surface area (Å²) in [4.78, 5) is 13.6. The van der Waals surface area contributed by atoms with Gasteiger partial charge in [-0.3, -0.25) is 0 Å². The molecule has 2 nitrogen and oxygen atoms in total. The van der Waals surface area contributed by atoms with Crippen LogP contribution in [0.25, 0.3) is 27.7 Å². The molecule has 0 saturated heterocycles. The fourth-order valence-electron chi connectivity index (χ4n) is 3.14. The molecule has 3 aromatic rings. The molecule has 1 aliphatic carbocycles. The lowest BCUT2D eigenvalue weighted by molar-refractivity contribution is 0.559. The van der Waals surface area contributed by atoms with Gasteiger partial charge >= 0.3 is 5.63 Å². The van der Waals surface area contributed by atoms with Gasteiger partial charge in [-0.05, 0) is 17.7 Å². The van der Waals surface area contributed by atoms with Crippen molar-refractivity contribution in [2.24, 2.45) is 0 Å². The highest BCUT2D eigenvalue weighted by Crippen LogP contribution is 2.38. The Kier molecular flexibility index (Phi) is 4.53. The summed E-state index contributed by atoms with van der Waals surface area (Å²) in [5.41, 5.74) is 2.60. The Bertz CT molecular complexity index is 1160. The van der Waals surface area contributed by atoms with Crippen LogP contribution in [-0.2, 0) is 0 Å². The lowest BCUT2D eigenvalue weighted by atomic mass is 9.89. The van der Waals surface area contributed by atoms with Crippen LogP contribution < -0.4 is 5.63 Å². The maximum absolute atomic E-state index is 12.9. The second kappa shape index (κ2) is 6.84. The van der Waals surface area contributed by atoms with E-state index >= 15 is 0 Å². The predicted octanol–water partition coefficient (Wildman–Crippen LogP) is 6.48. The monoisotopic (exact) mass is 398 g/mol. The first-order valence-electron chi connectivity index (χ1n) is 7.98. The van der Waals surface area contributed by atoms with Crippen molar-refractivity contribution in [1.29, 1.82) is 0 Å². The van der Waals surface area contributed by atoms with Gasteiger partial charge < -0.3 is 4.42 Å². The first-order chi connectivity index (χ1) is 12.6. The van der Waals surface area contributed by atoms with Crippen molar-refractivity contribution in [3.63, 3.8) is 0 Å². The fourth-order valence-corrected chi connectivity index (χ4v) is 3.94. The number of thiocarbonyl (C=S) groups is 1. The molecule has 2 aromatic carbocycles. The van der Waals surface area contributed by atoms with Gasteiger partial charge in [0.15, 0.2) is 5.58 Å². The van der Waals surface area contributed by atoms with Gasteiger partial charge in [0, 0.05) is 32.8 Å². The van der Waals surface area contributed by atoms with E-state index in [4.69, 9.17) is 39.8 Å². The highest BCUT2D eigenvalue weighted by atomic mass is 35.5. The zero-order chi connectivity index (χ0) is 18.3. The number of hydrogen-bond acceptors (Lipinski definition) is 3. The van der Waals surface area contributed by atoms with Crippen LogP contribution in [0.5, 0.6) is 0 Å². The lowest BCUT2D eigenvalue weighted by Crippen LogP contribution is -2.14. The summed E-state index contributed by atoms with van der Waals surface area (Å²) >= 11 is 18.0. The normalized spacial score (nSPS) is 13.9. The Balaban J connectivity index is 2.20. The van der Waals surface area contributed by atoms with Crippen molar-refractivity contribution in [1.82, 2.24) is 0 Å². The van der Waals surface area contributed by atoms with Crippen molar-refractivity contribution < 1.29 is 4.42 Å². The maximum atomic E-state index is 12.9. The van der Waals surface area contributed by atoms with Crippen LogP contribution in [0.1, 0.15) is 12.0 Å². The second-order valence-electron chi connectivity index (χ2n) is 5.91. The van der Waals surface area contributed by atoms with Crippen LogP contribution >= 0.6 is 35.4 Å². The van der Waals surface area contributed by atoms with E-state index in [1.807, 2.05) is 48.6 Å². The van der Waals surface area contributed by atoms with Gasteiger partial charge in [0.05, 0.1) is 10.6 Å². The summed E-state index contributed by atoms with van der Waals surface area (Å²) in [5.74, 6) is 0. The summed E-state index contributed by atoms with van der Waals surface area (Å²) in [6.45, 7) is 0. The molecule has 0 N–H and O–H groups in total. The van der Waals surface area contributed by atoms with Crippen molar-refractivity contribution in [2.45, 2.75) is 6.42 Å². The summed E-state index contributed by atoms with van der Waals surface area (Å²) in [6.07, 6.45) is 6.32. The Labute approximate surface area is 165 Å². The molecule has 1 aliphatic rings. The molecule has 1 heterocycles. The quantitative estimate of drug-likeness (QED) is 0.365. The molecule has 0 fully saturated rings. The van der Waals surface area contributed by atoms with E-state index in [2.05, 4.69) is 0 Å². The number of allylic oxidation sites excluding steroid dienone is 4. The van der Waals surface area contributed by atoms with E-state index in [-0.39, 0.29) is 0 Å². The number of hydrogen-bond donors (Lipinski definition) is 0. The van der Waals surface area contributed by atoms with Crippen molar-refractivity contribution >= 4 is 56.8 Å². The number of fused-ring (bicyclic) bond motifs is 1. The minimum Gasteiger partial charge on any atom is -0.421 e. The molecule has 0 amide bonds. The molecule has 0 atom stereocenters. The van der Waals surface area contributed by atoms with Crippen molar-refractivity contribution in [3.8, 4) is 11.1 Å². The fraction of sp³-hybridized carbons (Fsp3) is 0.0476. The molecule has 0 aliphatic heterocycles. The van der Waals surface area contributed by atoms with Crippen molar-refractivity contribution in [3.05, 3.63) is 86.7 Å². The van der Waals surface area contributed by atoms with Crippen LogP contribution in [0.15, 0.2) is 69.9 Å². The Morgan fingerprint density at radius 1 is 1.04 bits per heavy atom. The smallest absolute Gasteiger partial charge is 0.344 e. The molecule has 5 heteroatoms. The van der Waals surface area contributed by atoms with Crippen LogP contribution in [0, 0.1) is 0 Å². The minimum atomic E-state index is -0.468. The van der Waals surface area contributed by atoms with E-state index in [1.54, 1.807) is 12.1 Å². The maximum Gasteiger partial charge on any atom is 0.344 e. The van der Waals surface area contributed by atoms with Crippen LogP contribution in [0.3, 0.4) is 0 Å². The number of benzene rings is 2. The van der Waals surface area contributed by atoms with E-state index in [1.165, 1.54) is 0 Å². The summed E-state index contributed by atoms with van der Waals surface area (Å²) in [7, 11) is 0. The number of rotatable bonds is 2. The van der Waals surface area contributed by atoms with Gasteiger partial charge in [0.1, 0.15) is 0 Å². The van der Waals surface area contributed by atoms with Gasteiger partial charge in [0.2, 0.25) is 0 Å². The Morgan fingerprint density at radius 2 is 1.81 bits per heavy atom. The molecule has 26 heavy (non-hydrogen) atoms. The Hall–Kier alpha value is -2.20. The van der Waals surface area contributed by atoms with Crippen LogP contribution in [-0.4, -0.2) is 4.86 Å². The number of halogens is 2. The largest absolute Gasteiger partial charge is 0.421 e. The SMILES string of the molecule is O=c1oc2c(Cl)cc(Cl)cc2c(-c2ccccc2)c1C1=CC=CCC1=S. The molecular formula is C21H12Cl2O2S. The van der Waals surface area contributed by atoms with Gasteiger partial charge in [-0.25, -0.2) is 4.79 Å². The van der Waals surface area contributed by atoms with Gasteiger partial charge in [-0.1, -0.05) is 84.0 Å². The van der Waals surface area contributed by atoms with Gasteiger partial charge in [-0.15, -0.1) is 0 Å². The third-order valence-corrected chi connectivity index (χ3v) is 5.15. The first kappa shape index (κ1) is 17.2. The zero-order valence-corrected chi connectivity index (χ0v) is 15.8. The second-order valence-corrected chi connectivity index (χ2v) is 7.24. The Morgan fingerprint density at radius 3 is 2.54 bits per heavy atom. The molecule has 0 saturated carbocycles. The van der Waals surface area contributed by atoms with E-state index in [0.29, 0.717) is 43.4 Å². The van der Waals surface area contributed by atoms with E-state index in [9.17, 15) is 4.79 Å². The predicted molar refractivity (Wildman–Crippen MR) is 112 cm³/mol. The standard InChI is InChI=1S/C21H12Cl2O2S/c22-13-10-15-18(12-6-2-1-3-7-12)19(14-8-4-5-9-17(14)26)21(24)25-20(15)16(23)11-13/h1-8,10-11H,9H2. The molecular weight excluding hydrogens is 387 g/mol. The average molecular weight is 399 g/mol. The molecule has 0 radical (unpaired) electrons. The summed E-state index contributed by atoms with van der Waals surface area (Å²) in [5, 5.41) is 1.45. The molecule has 4 rings (SSSR count). The molecule has 0 spiro atoms. The van der Waals surface area contributed by atoms with Gasteiger partial charge in [0.25, 0.3) is 0 Å². The van der Waals surface area contributed by atoms with Gasteiger partial charge in [-0.2, -0.15) is 0 Å². The molecule has 128 valence electrons. The lowest BCUT2D eigenvalue weighted by Gasteiger charge is -2.16.